The number of amides is 2. The molecular formula is C15H24N2O2S2. The van der Waals surface area contributed by atoms with Gasteiger partial charge in [0.1, 0.15) is 11.6 Å². The molecule has 2 unspecified atom stereocenters. The number of nitrogens with zero attached hydrogens (tertiary/aromatic N) is 1. The van der Waals surface area contributed by atoms with Crippen molar-refractivity contribution in [3.05, 3.63) is 0 Å². The monoisotopic (exact) mass is 328 g/mol. The summed E-state index contributed by atoms with van der Waals surface area (Å²) in [5, 5.41) is 3.55. The highest BCUT2D eigenvalue weighted by molar-refractivity contribution is 8.06. The normalized spacial score (nSPS) is 32.5. The van der Waals surface area contributed by atoms with E-state index >= 15 is 0 Å². The van der Waals surface area contributed by atoms with E-state index in [9.17, 15) is 9.59 Å². The van der Waals surface area contributed by atoms with Crippen LogP contribution < -0.4 is 5.32 Å². The zero-order valence-corrected chi connectivity index (χ0v) is 14.2. The predicted molar refractivity (Wildman–Crippen MR) is 88.7 cm³/mol. The Labute approximate surface area is 135 Å². The largest absolute Gasteiger partial charge is 0.340 e. The molecule has 2 atom stereocenters. The molecule has 2 aliphatic heterocycles. The topological polar surface area (TPSA) is 49.4 Å². The number of hydrogen-bond acceptors (Lipinski definition) is 4. The Hall–Kier alpha value is -0.360. The maximum atomic E-state index is 13.0. The average molecular weight is 329 g/mol. The van der Waals surface area contributed by atoms with Crippen LogP contribution in [0.2, 0.25) is 0 Å². The maximum Gasteiger partial charge on any atom is 0.249 e. The van der Waals surface area contributed by atoms with Crippen LogP contribution in [0.4, 0.5) is 0 Å². The fourth-order valence-electron chi connectivity index (χ4n) is 3.73. The predicted octanol–water partition coefficient (Wildman–Crippen LogP) is 1.88. The van der Waals surface area contributed by atoms with Gasteiger partial charge in [-0.1, -0.05) is 19.8 Å². The molecule has 6 heteroatoms. The van der Waals surface area contributed by atoms with Crippen LogP contribution in [0.1, 0.15) is 39.0 Å². The molecule has 0 aromatic heterocycles. The molecular weight excluding hydrogens is 304 g/mol. The van der Waals surface area contributed by atoms with E-state index in [1.54, 1.807) is 0 Å². The fraction of sp³-hybridized carbons (Fsp3) is 0.867. The molecule has 1 saturated carbocycles. The van der Waals surface area contributed by atoms with E-state index < -0.39 is 5.54 Å². The third kappa shape index (κ3) is 2.93. The lowest BCUT2D eigenvalue weighted by molar-refractivity contribution is -0.154. The van der Waals surface area contributed by atoms with Crippen molar-refractivity contribution in [3.63, 3.8) is 0 Å². The van der Waals surface area contributed by atoms with Gasteiger partial charge in [-0.2, -0.15) is 23.5 Å². The highest BCUT2D eigenvalue weighted by atomic mass is 32.2. The Morgan fingerprint density at radius 3 is 2.67 bits per heavy atom. The van der Waals surface area contributed by atoms with Gasteiger partial charge >= 0.3 is 0 Å². The fourth-order valence-corrected chi connectivity index (χ4v) is 6.39. The van der Waals surface area contributed by atoms with Crippen LogP contribution in [0.15, 0.2) is 0 Å². The maximum absolute atomic E-state index is 13.0. The van der Waals surface area contributed by atoms with E-state index in [4.69, 9.17) is 0 Å². The molecule has 4 nitrogen and oxygen atoms in total. The second kappa shape index (κ2) is 6.41. The first kappa shape index (κ1) is 15.5. The van der Waals surface area contributed by atoms with Crippen molar-refractivity contribution in [2.24, 2.45) is 0 Å². The molecule has 2 saturated heterocycles. The second-order valence-electron chi connectivity index (χ2n) is 6.23. The van der Waals surface area contributed by atoms with Crippen LogP contribution in [-0.2, 0) is 9.59 Å². The number of thioether (sulfide) groups is 2. The summed E-state index contributed by atoms with van der Waals surface area (Å²) in [6.07, 6.45) is 4.43. The van der Waals surface area contributed by atoms with Gasteiger partial charge in [0.05, 0.1) is 0 Å². The van der Waals surface area contributed by atoms with Crippen LogP contribution >= 0.6 is 23.5 Å². The molecule has 1 aliphatic carbocycles. The number of carbonyl (C=O) groups is 2. The lowest BCUT2D eigenvalue weighted by Gasteiger charge is -2.45. The molecule has 0 aromatic carbocycles. The Morgan fingerprint density at radius 2 is 2.05 bits per heavy atom. The van der Waals surface area contributed by atoms with E-state index in [0.29, 0.717) is 11.7 Å². The molecule has 0 bridgehead atoms. The molecule has 2 amide bonds. The number of nitrogens with one attached hydrogen (secondary N) is 1. The smallest absolute Gasteiger partial charge is 0.249 e. The number of hydrogen-bond donors (Lipinski definition) is 1. The number of rotatable bonds is 3. The molecule has 2 heterocycles. The highest BCUT2D eigenvalue weighted by Gasteiger charge is 2.51. The van der Waals surface area contributed by atoms with E-state index in [1.807, 2.05) is 35.3 Å². The molecule has 118 valence electrons. The van der Waals surface area contributed by atoms with E-state index in [2.05, 4.69) is 5.32 Å². The van der Waals surface area contributed by atoms with Gasteiger partial charge in [-0.3, -0.25) is 9.59 Å². The number of carbonyl (C=O) groups excluding carboxylic acids is 2. The van der Waals surface area contributed by atoms with Crippen molar-refractivity contribution in [3.8, 4) is 0 Å². The van der Waals surface area contributed by atoms with Gasteiger partial charge in [0.2, 0.25) is 11.8 Å². The van der Waals surface area contributed by atoms with Crippen LogP contribution in [0, 0.1) is 0 Å². The van der Waals surface area contributed by atoms with Crippen LogP contribution in [0.25, 0.3) is 0 Å². The van der Waals surface area contributed by atoms with Crippen molar-refractivity contribution in [1.82, 2.24) is 10.2 Å². The van der Waals surface area contributed by atoms with Crippen LogP contribution in [0.3, 0.4) is 0 Å². The van der Waals surface area contributed by atoms with Gasteiger partial charge < -0.3 is 10.2 Å². The number of piperazine rings is 1. The summed E-state index contributed by atoms with van der Waals surface area (Å²) in [5.74, 6) is 3.71. The van der Waals surface area contributed by atoms with Crippen LogP contribution in [-0.4, -0.2) is 57.3 Å². The van der Waals surface area contributed by atoms with Crippen molar-refractivity contribution in [1.29, 1.82) is 0 Å². The Morgan fingerprint density at radius 1 is 1.29 bits per heavy atom. The Kier molecular flexibility index (Phi) is 4.74. The first-order chi connectivity index (χ1) is 10.2. The zero-order chi connectivity index (χ0) is 14.9. The molecule has 3 rings (SSSR count). The highest BCUT2D eigenvalue weighted by Crippen LogP contribution is 2.36. The van der Waals surface area contributed by atoms with Crippen molar-refractivity contribution in [2.75, 3.05) is 23.8 Å². The van der Waals surface area contributed by atoms with Gasteiger partial charge in [0.25, 0.3) is 0 Å². The molecule has 21 heavy (non-hydrogen) atoms. The van der Waals surface area contributed by atoms with E-state index in [0.717, 1.165) is 43.7 Å². The summed E-state index contributed by atoms with van der Waals surface area (Å²) in [6, 6.07) is -0.267. The van der Waals surface area contributed by atoms with Gasteiger partial charge in [-0.05, 0) is 19.3 Å². The zero-order valence-electron chi connectivity index (χ0n) is 12.6. The minimum absolute atomic E-state index is 0.0625. The quantitative estimate of drug-likeness (QED) is 0.859. The minimum atomic E-state index is -0.574. The lowest BCUT2D eigenvalue weighted by atomic mass is 9.90. The molecule has 3 aliphatic rings. The van der Waals surface area contributed by atoms with Crippen LogP contribution in [0.5, 0.6) is 0 Å². The van der Waals surface area contributed by atoms with Crippen molar-refractivity contribution < 1.29 is 9.59 Å². The lowest BCUT2D eigenvalue weighted by Crippen LogP contribution is -2.70. The third-order valence-corrected chi connectivity index (χ3v) is 7.67. The summed E-state index contributed by atoms with van der Waals surface area (Å²) < 4.78 is 0. The summed E-state index contributed by atoms with van der Waals surface area (Å²) in [7, 11) is 0. The van der Waals surface area contributed by atoms with Gasteiger partial charge in [-0.15, -0.1) is 0 Å². The molecule has 0 radical (unpaired) electrons. The van der Waals surface area contributed by atoms with E-state index in [1.165, 1.54) is 5.75 Å². The average Bonchev–Trinajstić information content (AvgIpc) is 2.95. The Balaban J connectivity index is 1.78. The third-order valence-electron chi connectivity index (χ3n) is 4.84. The standard InChI is InChI=1S/C15H24N2O2S2/c1-2-12-13(18)16-15(5-3-4-6-15)14(19)17(12)9-11-10-20-7-8-21-11/h11-12H,2-10H2,1H3,(H,16,18). The SMILES string of the molecule is CCC1C(=O)NC2(CCCC2)C(=O)N1CC1CSCCS1. The van der Waals surface area contributed by atoms with Crippen molar-refractivity contribution in [2.45, 2.75) is 55.9 Å². The molecule has 0 aromatic rings. The first-order valence-electron chi connectivity index (χ1n) is 7.99. The second-order valence-corrected chi connectivity index (χ2v) is 8.79. The van der Waals surface area contributed by atoms with Gasteiger partial charge in [0.15, 0.2) is 0 Å². The summed E-state index contributed by atoms with van der Waals surface area (Å²) in [4.78, 5) is 27.4. The first-order valence-corrected chi connectivity index (χ1v) is 10.2. The summed E-state index contributed by atoms with van der Waals surface area (Å²) in [5.41, 5.74) is -0.574. The van der Waals surface area contributed by atoms with E-state index in [-0.39, 0.29) is 17.9 Å². The molecule has 3 fully saturated rings. The summed E-state index contributed by atoms with van der Waals surface area (Å²) >= 11 is 3.92. The summed E-state index contributed by atoms with van der Waals surface area (Å²) in [6.45, 7) is 2.74. The van der Waals surface area contributed by atoms with Gasteiger partial charge in [0, 0.05) is 29.1 Å². The van der Waals surface area contributed by atoms with Gasteiger partial charge in [-0.25, -0.2) is 0 Å². The van der Waals surface area contributed by atoms with Crippen molar-refractivity contribution >= 4 is 35.3 Å². The minimum Gasteiger partial charge on any atom is -0.340 e. The Bertz CT molecular complexity index is 418. The molecule has 1 N–H and O–H groups in total. The molecule has 1 spiro atoms.